The van der Waals surface area contributed by atoms with Crippen molar-refractivity contribution in [3.63, 3.8) is 0 Å². The Hall–Kier alpha value is -0.160. The Kier molecular flexibility index (Phi) is 1.72. The highest BCUT2D eigenvalue weighted by atomic mass is 16.6. The Morgan fingerprint density at radius 2 is 1.67 bits per heavy atom. The van der Waals surface area contributed by atoms with Crippen LogP contribution in [0, 0.1) is 0 Å². The van der Waals surface area contributed by atoms with Crippen LogP contribution in [0.15, 0.2) is 0 Å². The van der Waals surface area contributed by atoms with Crippen LogP contribution in [0.1, 0.15) is 6.92 Å². The van der Waals surface area contributed by atoms with Crippen LogP contribution in [0.25, 0.3) is 0 Å². The summed E-state index contributed by atoms with van der Waals surface area (Å²) in [5, 5.41) is 26.4. The Balaban J connectivity index is 2.54. The molecule has 0 aliphatic carbocycles. The summed E-state index contributed by atoms with van der Waals surface area (Å²) in [6.07, 6.45) is -3.81. The average Bonchev–Trinajstić information content (AvgIpc) is 1.98. The fourth-order valence-corrected chi connectivity index (χ4v) is 0.827. The van der Waals surface area contributed by atoms with Crippen molar-refractivity contribution in [2.75, 3.05) is 0 Å². The van der Waals surface area contributed by atoms with Gasteiger partial charge in [0, 0.05) is 0 Å². The SMILES string of the molecule is C[C@H]1OC(O)[C@H](O)[C@@H]1O. The van der Waals surface area contributed by atoms with Gasteiger partial charge in [-0.1, -0.05) is 0 Å². The van der Waals surface area contributed by atoms with Gasteiger partial charge in [-0.15, -0.1) is 0 Å². The third kappa shape index (κ3) is 1.07. The van der Waals surface area contributed by atoms with Crippen LogP contribution in [0.5, 0.6) is 0 Å². The summed E-state index contributed by atoms with van der Waals surface area (Å²) < 4.78 is 4.64. The molecule has 0 amide bonds. The van der Waals surface area contributed by atoms with Crippen molar-refractivity contribution in [2.45, 2.75) is 31.5 Å². The maximum absolute atomic E-state index is 8.90. The van der Waals surface area contributed by atoms with Gasteiger partial charge < -0.3 is 20.1 Å². The van der Waals surface area contributed by atoms with E-state index >= 15 is 0 Å². The lowest BCUT2D eigenvalue weighted by Gasteiger charge is -2.07. The number of aliphatic hydroxyl groups excluding tert-OH is 3. The molecular formula is C5H10O4. The van der Waals surface area contributed by atoms with E-state index in [4.69, 9.17) is 15.3 Å². The molecule has 1 saturated heterocycles. The van der Waals surface area contributed by atoms with E-state index in [1.807, 2.05) is 0 Å². The maximum Gasteiger partial charge on any atom is 0.183 e. The Morgan fingerprint density at radius 3 is 1.78 bits per heavy atom. The van der Waals surface area contributed by atoms with E-state index in [2.05, 4.69) is 4.74 Å². The van der Waals surface area contributed by atoms with Gasteiger partial charge in [-0.25, -0.2) is 0 Å². The van der Waals surface area contributed by atoms with Crippen molar-refractivity contribution in [1.82, 2.24) is 0 Å². The predicted molar refractivity (Wildman–Crippen MR) is 28.6 cm³/mol. The molecule has 3 N–H and O–H groups in total. The Labute approximate surface area is 52.7 Å². The highest BCUT2D eigenvalue weighted by Crippen LogP contribution is 2.18. The molecule has 0 aromatic rings. The van der Waals surface area contributed by atoms with Crippen LogP contribution in [0.3, 0.4) is 0 Å². The Morgan fingerprint density at radius 1 is 1.11 bits per heavy atom. The first-order chi connectivity index (χ1) is 4.13. The van der Waals surface area contributed by atoms with E-state index in [0.29, 0.717) is 0 Å². The van der Waals surface area contributed by atoms with E-state index in [-0.39, 0.29) is 0 Å². The number of hydrogen-bond donors (Lipinski definition) is 3. The topological polar surface area (TPSA) is 69.9 Å². The fourth-order valence-electron chi connectivity index (χ4n) is 0.827. The summed E-state index contributed by atoms with van der Waals surface area (Å²) in [5.74, 6) is 0. The first kappa shape index (κ1) is 6.95. The molecule has 0 bridgehead atoms. The zero-order valence-electron chi connectivity index (χ0n) is 5.06. The summed E-state index contributed by atoms with van der Waals surface area (Å²) in [4.78, 5) is 0. The van der Waals surface area contributed by atoms with Crippen LogP contribution >= 0.6 is 0 Å². The van der Waals surface area contributed by atoms with Gasteiger partial charge in [0.2, 0.25) is 0 Å². The van der Waals surface area contributed by atoms with Gasteiger partial charge >= 0.3 is 0 Å². The van der Waals surface area contributed by atoms with Gasteiger partial charge in [0.05, 0.1) is 6.10 Å². The van der Waals surface area contributed by atoms with E-state index in [0.717, 1.165) is 0 Å². The summed E-state index contributed by atoms with van der Waals surface area (Å²) >= 11 is 0. The highest BCUT2D eigenvalue weighted by Gasteiger charge is 2.38. The third-order valence-electron chi connectivity index (χ3n) is 1.48. The molecule has 0 aromatic carbocycles. The lowest BCUT2D eigenvalue weighted by Crippen LogP contribution is -2.31. The van der Waals surface area contributed by atoms with Gasteiger partial charge in [-0.05, 0) is 6.92 Å². The molecule has 0 aromatic heterocycles. The van der Waals surface area contributed by atoms with Crippen molar-refractivity contribution in [1.29, 1.82) is 0 Å². The standard InChI is InChI=1S/C5H10O4/c1-2-3(6)4(7)5(8)9-2/h2-8H,1H3/t2-,3-,4-,5?/m1/s1. The van der Waals surface area contributed by atoms with E-state index in [1.54, 1.807) is 6.92 Å². The van der Waals surface area contributed by atoms with E-state index in [1.165, 1.54) is 0 Å². The number of rotatable bonds is 0. The Bertz CT molecular complexity index is 93.1. The molecule has 0 saturated carbocycles. The van der Waals surface area contributed by atoms with Crippen molar-refractivity contribution in [3.8, 4) is 0 Å². The maximum atomic E-state index is 8.90. The third-order valence-corrected chi connectivity index (χ3v) is 1.48. The summed E-state index contributed by atoms with van der Waals surface area (Å²) in [6.45, 7) is 1.59. The second-order valence-corrected chi connectivity index (χ2v) is 2.21. The van der Waals surface area contributed by atoms with Crippen molar-refractivity contribution < 1.29 is 20.1 Å². The summed E-state index contributed by atoms with van der Waals surface area (Å²) in [7, 11) is 0. The summed E-state index contributed by atoms with van der Waals surface area (Å²) in [6, 6.07) is 0. The smallest absolute Gasteiger partial charge is 0.183 e. The van der Waals surface area contributed by atoms with Gasteiger partial charge in [0.25, 0.3) is 0 Å². The van der Waals surface area contributed by atoms with Crippen molar-refractivity contribution >= 4 is 0 Å². The molecule has 1 unspecified atom stereocenters. The molecule has 4 atom stereocenters. The highest BCUT2D eigenvalue weighted by molar-refractivity contribution is 4.82. The van der Waals surface area contributed by atoms with Crippen LogP contribution in [0.2, 0.25) is 0 Å². The quantitative estimate of drug-likeness (QED) is 0.375. The van der Waals surface area contributed by atoms with Gasteiger partial charge in [-0.3, -0.25) is 0 Å². The molecule has 4 nitrogen and oxygen atoms in total. The zero-order chi connectivity index (χ0) is 7.02. The summed E-state index contributed by atoms with van der Waals surface area (Å²) in [5.41, 5.74) is 0. The van der Waals surface area contributed by atoms with Crippen molar-refractivity contribution in [2.24, 2.45) is 0 Å². The van der Waals surface area contributed by atoms with Gasteiger partial charge in [0.1, 0.15) is 12.2 Å². The van der Waals surface area contributed by atoms with Crippen LogP contribution in [-0.2, 0) is 4.74 Å². The lowest BCUT2D eigenvalue weighted by molar-refractivity contribution is -0.124. The van der Waals surface area contributed by atoms with E-state index < -0.39 is 24.6 Å². The van der Waals surface area contributed by atoms with Crippen LogP contribution < -0.4 is 0 Å². The van der Waals surface area contributed by atoms with Crippen LogP contribution in [-0.4, -0.2) is 39.9 Å². The largest absolute Gasteiger partial charge is 0.388 e. The molecule has 1 heterocycles. The average molecular weight is 134 g/mol. The number of aliphatic hydroxyl groups is 3. The number of ether oxygens (including phenoxy) is 1. The molecule has 1 rings (SSSR count). The molecule has 4 heteroatoms. The first-order valence-electron chi connectivity index (χ1n) is 2.82. The monoisotopic (exact) mass is 134 g/mol. The second-order valence-electron chi connectivity index (χ2n) is 2.21. The molecule has 1 aliphatic rings. The molecule has 54 valence electrons. The second kappa shape index (κ2) is 2.22. The molecule has 1 fully saturated rings. The molecule has 1 aliphatic heterocycles. The van der Waals surface area contributed by atoms with E-state index in [9.17, 15) is 0 Å². The number of hydrogen-bond acceptors (Lipinski definition) is 4. The minimum atomic E-state index is -1.23. The molecule has 9 heavy (non-hydrogen) atoms. The zero-order valence-corrected chi connectivity index (χ0v) is 5.06. The lowest BCUT2D eigenvalue weighted by atomic mass is 10.2. The van der Waals surface area contributed by atoms with Gasteiger partial charge in [-0.2, -0.15) is 0 Å². The minimum absolute atomic E-state index is 0.477. The van der Waals surface area contributed by atoms with Crippen molar-refractivity contribution in [3.05, 3.63) is 0 Å². The molecule has 0 radical (unpaired) electrons. The van der Waals surface area contributed by atoms with Crippen LogP contribution in [0.4, 0.5) is 0 Å². The normalized spacial score (nSPS) is 52.0. The fraction of sp³-hybridized carbons (Fsp3) is 1.00. The molecular weight excluding hydrogens is 124 g/mol. The predicted octanol–water partition coefficient (Wildman–Crippen LogP) is -1.55. The first-order valence-corrected chi connectivity index (χ1v) is 2.82. The van der Waals surface area contributed by atoms with Gasteiger partial charge in [0.15, 0.2) is 6.29 Å². The minimum Gasteiger partial charge on any atom is -0.388 e. The molecule has 0 spiro atoms.